The molecular weight excluding hydrogens is 617 g/mol. The maximum absolute atomic E-state index is 2.35. The maximum atomic E-state index is 2.35. The molecule has 2 aromatic heterocycles. The monoisotopic (exact) mass is 670 g/mol. The third kappa shape index (κ3) is 8.07. The lowest BCUT2D eigenvalue weighted by molar-refractivity contribution is -0.660. The van der Waals surface area contributed by atoms with Crippen LogP contribution >= 0.6 is 0 Å². The normalized spacial score (nSPS) is 15.0. The van der Waals surface area contributed by atoms with Gasteiger partial charge in [-0.25, -0.2) is 9.13 Å². The van der Waals surface area contributed by atoms with Crippen LogP contribution in [0.25, 0.3) is 44.8 Å². The van der Waals surface area contributed by atoms with Crippen molar-refractivity contribution in [2.75, 3.05) is 0 Å². The molecule has 0 spiro atoms. The van der Waals surface area contributed by atoms with Gasteiger partial charge < -0.3 is 0 Å². The number of nitrogens with zero attached hydrogens (tertiary/aromatic N) is 2. The molecule has 2 heteroatoms. The molecule has 2 fully saturated rings. The lowest BCUT2D eigenvalue weighted by Gasteiger charge is -2.22. The third-order valence-electron chi connectivity index (χ3n) is 11.5. The number of benzene rings is 4. The van der Waals surface area contributed by atoms with E-state index in [2.05, 4.69) is 171 Å². The molecule has 0 atom stereocenters. The smallest absolute Gasteiger partial charge is 0.201 e. The van der Waals surface area contributed by atoms with Crippen molar-refractivity contribution in [3.8, 4) is 44.8 Å². The molecule has 2 aliphatic rings. The van der Waals surface area contributed by atoms with E-state index in [9.17, 15) is 0 Å². The molecule has 0 saturated heterocycles. The number of rotatable bonds is 6. The summed E-state index contributed by atoms with van der Waals surface area (Å²) in [5, 5.41) is 0. The number of hydrogen-bond acceptors (Lipinski definition) is 0. The molecule has 0 amide bonds. The second-order valence-electron chi connectivity index (χ2n) is 15.0. The van der Waals surface area contributed by atoms with Gasteiger partial charge in [-0.2, -0.15) is 0 Å². The summed E-state index contributed by atoms with van der Waals surface area (Å²) in [5.74, 6) is 1.55. The van der Waals surface area contributed by atoms with Gasteiger partial charge in [0.05, 0.1) is 0 Å². The quantitative estimate of drug-likeness (QED) is 0.156. The molecular formula is C49H54N2+2. The first kappa shape index (κ1) is 34.6. The topological polar surface area (TPSA) is 7.76 Å². The van der Waals surface area contributed by atoms with Crippen LogP contribution in [0.5, 0.6) is 0 Å². The Labute approximate surface area is 306 Å². The zero-order valence-electron chi connectivity index (χ0n) is 31.1. The standard InChI is InChI=1S/C25H28N.C24H26N/c1-19-8-6-7-11-24(19)25-18-23(16-17-26(25)2)22-14-12-21(13-15-22)20-9-4-3-5-10-20;1-18-7-3-6-10-23(18)24-17-22(15-16-25(24)2)21-13-11-20(12-14-21)19-8-4-5-9-19/h6-8,11-18,20H,3-5,9-10H2,1-2H3;3,6-7,10-17,19H,4-5,8-9H2,1-2H3/q2*+1. The Kier molecular flexibility index (Phi) is 10.9. The first-order chi connectivity index (χ1) is 24.9. The highest BCUT2D eigenvalue weighted by Gasteiger charge is 2.19. The molecule has 258 valence electrons. The van der Waals surface area contributed by atoms with Crippen LogP contribution in [0, 0.1) is 13.8 Å². The first-order valence-corrected chi connectivity index (χ1v) is 19.3. The van der Waals surface area contributed by atoms with Crippen LogP contribution in [0.1, 0.15) is 91.9 Å². The highest BCUT2D eigenvalue weighted by Crippen LogP contribution is 2.36. The van der Waals surface area contributed by atoms with E-state index >= 15 is 0 Å². The Morgan fingerprint density at radius 2 is 0.784 bits per heavy atom. The van der Waals surface area contributed by atoms with Crippen LogP contribution in [0.3, 0.4) is 0 Å². The number of pyridine rings is 2. The minimum atomic E-state index is 0.772. The highest BCUT2D eigenvalue weighted by molar-refractivity contribution is 5.71. The van der Waals surface area contributed by atoms with Gasteiger partial charge in [-0.15, -0.1) is 0 Å². The summed E-state index contributed by atoms with van der Waals surface area (Å²) in [6.07, 6.45) is 16.8. The molecule has 2 aliphatic carbocycles. The number of aryl methyl sites for hydroxylation is 4. The van der Waals surface area contributed by atoms with Gasteiger partial charge in [-0.1, -0.05) is 117 Å². The van der Waals surface area contributed by atoms with Crippen molar-refractivity contribution in [2.24, 2.45) is 14.1 Å². The van der Waals surface area contributed by atoms with E-state index in [1.807, 2.05) is 0 Å². The van der Waals surface area contributed by atoms with Crippen molar-refractivity contribution in [3.05, 3.63) is 156 Å². The predicted molar refractivity (Wildman–Crippen MR) is 213 cm³/mol. The van der Waals surface area contributed by atoms with Crippen molar-refractivity contribution in [3.63, 3.8) is 0 Å². The fourth-order valence-electron chi connectivity index (χ4n) is 8.34. The van der Waals surface area contributed by atoms with E-state index in [1.54, 1.807) is 0 Å². The molecule has 0 N–H and O–H groups in total. The lowest BCUT2D eigenvalue weighted by Crippen LogP contribution is -2.30. The second kappa shape index (κ2) is 16.0. The minimum absolute atomic E-state index is 0.772. The van der Waals surface area contributed by atoms with Crippen LogP contribution < -0.4 is 9.13 Å². The van der Waals surface area contributed by atoms with Gasteiger partial charge in [0.1, 0.15) is 14.1 Å². The van der Waals surface area contributed by atoms with Crippen molar-refractivity contribution in [2.45, 2.75) is 83.5 Å². The fourth-order valence-corrected chi connectivity index (χ4v) is 8.34. The van der Waals surface area contributed by atoms with Gasteiger partial charge in [-0.3, -0.25) is 0 Å². The Morgan fingerprint density at radius 3 is 1.18 bits per heavy atom. The molecule has 2 heterocycles. The van der Waals surface area contributed by atoms with Crippen molar-refractivity contribution in [1.82, 2.24) is 0 Å². The molecule has 4 aromatic carbocycles. The van der Waals surface area contributed by atoms with Gasteiger partial charge >= 0.3 is 0 Å². The van der Waals surface area contributed by atoms with Gasteiger partial charge in [0.15, 0.2) is 12.4 Å². The van der Waals surface area contributed by atoms with Gasteiger partial charge in [0, 0.05) is 35.4 Å². The number of hydrogen-bond donors (Lipinski definition) is 0. The van der Waals surface area contributed by atoms with Gasteiger partial charge in [0.25, 0.3) is 0 Å². The average molecular weight is 671 g/mol. The lowest BCUT2D eigenvalue weighted by atomic mass is 9.84. The minimum Gasteiger partial charge on any atom is -0.201 e. The fraction of sp³-hybridized carbons (Fsp3) is 0.306. The molecule has 6 aromatic rings. The van der Waals surface area contributed by atoms with Gasteiger partial charge in [-0.05, 0) is 108 Å². The van der Waals surface area contributed by atoms with E-state index in [1.165, 1.54) is 125 Å². The molecule has 2 nitrogen and oxygen atoms in total. The second-order valence-corrected chi connectivity index (χ2v) is 15.0. The van der Waals surface area contributed by atoms with Crippen LogP contribution in [0.15, 0.2) is 134 Å². The molecule has 2 saturated carbocycles. The largest absolute Gasteiger partial charge is 0.213 e. The van der Waals surface area contributed by atoms with E-state index in [4.69, 9.17) is 0 Å². The van der Waals surface area contributed by atoms with Crippen LogP contribution in [-0.2, 0) is 14.1 Å². The maximum Gasteiger partial charge on any atom is 0.213 e. The van der Waals surface area contributed by atoms with Crippen molar-refractivity contribution >= 4 is 0 Å². The summed E-state index contributed by atoms with van der Waals surface area (Å²) in [5.41, 5.74) is 16.0. The van der Waals surface area contributed by atoms with E-state index in [-0.39, 0.29) is 0 Å². The summed E-state index contributed by atoms with van der Waals surface area (Å²) in [6, 6.07) is 44.9. The summed E-state index contributed by atoms with van der Waals surface area (Å²) >= 11 is 0. The summed E-state index contributed by atoms with van der Waals surface area (Å²) in [7, 11) is 4.24. The summed E-state index contributed by atoms with van der Waals surface area (Å²) in [6.45, 7) is 4.36. The molecule has 0 unspecified atom stereocenters. The predicted octanol–water partition coefficient (Wildman–Crippen LogP) is 12.0. The zero-order chi connectivity index (χ0) is 35.2. The Hall–Kier alpha value is -4.82. The first-order valence-electron chi connectivity index (χ1n) is 19.3. The average Bonchev–Trinajstić information content (AvgIpc) is 3.72. The van der Waals surface area contributed by atoms with Crippen molar-refractivity contribution < 1.29 is 9.13 Å². The van der Waals surface area contributed by atoms with Crippen LogP contribution in [0.4, 0.5) is 0 Å². The molecule has 8 rings (SSSR count). The van der Waals surface area contributed by atoms with Crippen LogP contribution in [-0.4, -0.2) is 0 Å². The zero-order valence-corrected chi connectivity index (χ0v) is 31.1. The highest BCUT2D eigenvalue weighted by atomic mass is 14.9. The Bertz CT molecular complexity index is 2060. The van der Waals surface area contributed by atoms with Crippen molar-refractivity contribution in [1.29, 1.82) is 0 Å². The molecule has 0 bridgehead atoms. The molecule has 0 aliphatic heterocycles. The summed E-state index contributed by atoms with van der Waals surface area (Å²) in [4.78, 5) is 0. The molecule has 0 radical (unpaired) electrons. The van der Waals surface area contributed by atoms with E-state index in [0.717, 1.165) is 11.8 Å². The Morgan fingerprint density at radius 1 is 0.412 bits per heavy atom. The van der Waals surface area contributed by atoms with E-state index in [0.29, 0.717) is 0 Å². The SMILES string of the molecule is Cc1ccccc1-c1cc(-c2ccc(C3CCCC3)cc2)cc[n+]1C.Cc1ccccc1-c1cc(-c2ccc(C3CCCCC3)cc2)cc[n+]1C. The third-order valence-corrected chi connectivity index (χ3v) is 11.5. The molecule has 51 heavy (non-hydrogen) atoms. The summed E-state index contributed by atoms with van der Waals surface area (Å²) < 4.78 is 4.42. The Balaban J connectivity index is 0.000000159. The number of aromatic nitrogens is 2. The van der Waals surface area contributed by atoms with E-state index < -0.39 is 0 Å². The van der Waals surface area contributed by atoms with Gasteiger partial charge in [0.2, 0.25) is 11.4 Å². The van der Waals surface area contributed by atoms with Crippen LogP contribution in [0.2, 0.25) is 0 Å².